The van der Waals surface area contributed by atoms with Crippen LogP contribution in [0.3, 0.4) is 0 Å². The summed E-state index contributed by atoms with van der Waals surface area (Å²) in [6.07, 6.45) is 6.04. The standard InChI is InChI=1S/C29H28ClFN6O/c1-29-15-20(30)9-12-23(29)25-19(16-33-26(29)22-5-3-4-6-24(22)31)17-34-28(36-25)35-21-10-7-18(8-11-21)27(38)37(2)14-13-32/h3-12,17H,13-16,32H2,1-2H3,(H,34,35,36). The van der Waals surface area contributed by atoms with Crippen molar-refractivity contribution < 1.29 is 9.18 Å². The number of carbonyl (C=O) groups excluding carboxylic acids is 1. The number of rotatable bonds is 6. The Balaban J connectivity index is 1.47. The van der Waals surface area contributed by atoms with Crippen LogP contribution in [-0.4, -0.2) is 46.6 Å². The van der Waals surface area contributed by atoms with Gasteiger partial charge in [0.25, 0.3) is 5.91 Å². The molecule has 3 N–H and O–H groups in total. The maximum absolute atomic E-state index is 14.9. The molecule has 38 heavy (non-hydrogen) atoms. The molecular weight excluding hydrogens is 503 g/mol. The lowest BCUT2D eigenvalue weighted by molar-refractivity contribution is 0.0799. The van der Waals surface area contributed by atoms with Gasteiger partial charge in [-0.15, -0.1) is 0 Å². The highest BCUT2D eigenvalue weighted by Crippen LogP contribution is 2.48. The monoisotopic (exact) mass is 530 g/mol. The highest BCUT2D eigenvalue weighted by molar-refractivity contribution is 6.30. The first-order valence-corrected chi connectivity index (χ1v) is 12.7. The molecule has 5 rings (SSSR count). The average molecular weight is 531 g/mol. The van der Waals surface area contributed by atoms with Gasteiger partial charge in [-0.05, 0) is 55.3 Å². The van der Waals surface area contributed by atoms with E-state index in [1.807, 2.05) is 37.3 Å². The first-order chi connectivity index (χ1) is 18.3. The Morgan fingerprint density at radius 3 is 2.68 bits per heavy atom. The molecule has 9 heteroatoms. The van der Waals surface area contributed by atoms with Gasteiger partial charge in [-0.3, -0.25) is 9.79 Å². The predicted octanol–water partition coefficient (Wildman–Crippen LogP) is 5.31. The van der Waals surface area contributed by atoms with Crippen LogP contribution in [0.1, 0.15) is 40.5 Å². The van der Waals surface area contributed by atoms with E-state index in [0.717, 1.165) is 22.5 Å². The fourth-order valence-corrected chi connectivity index (χ4v) is 5.26. The Morgan fingerprint density at radius 2 is 1.95 bits per heavy atom. The number of nitrogens with two attached hydrogens (primary N) is 1. The van der Waals surface area contributed by atoms with Crippen molar-refractivity contribution in [3.05, 3.63) is 100 Å². The fourth-order valence-electron chi connectivity index (χ4n) is 4.93. The van der Waals surface area contributed by atoms with Gasteiger partial charge in [-0.2, -0.15) is 0 Å². The zero-order chi connectivity index (χ0) is 26.9. The summed E-state index contributed by atoms with van der Waals surface area (Å²) in [6.45, 7) is 3.24. The number of hydrogen-bond donors (Lipinski definition) is 2. The van der Waals surface area contributed by atoms with Crippen LogP contribution < -0.4 is 11.1 Å². The van der Waals surface area contributed by atoms with Crippen LogP contribution in [-0.2, 0) is 6.54 Å². The summed E-state index contributed by atoms with van der Waals surface area (Å²) in [7, 11) is 1.72. The van der Waals surface area contributed by atoms with E-state index in [4.69, 9.17) is 27.3 Å². The highest BCUT2D eigenvalue weighted by atomic mass is 35.5. The Hall–Kier alpha value is -3.88. The number of aromatic nitrogens is 2. The fraction of sp³-hybridized carbons (Fsp3) is 0.241. The lowest BCUT2D eigenvalue weighted by Crippen LogP contribution is -2.32. The van der Waals surface area contributed by atoms with Crippen LogP contribution in [0.25, 0.3) is 5.57 Å². The summed E-state index contributed by atoms with van der Waals surface area (Å²) in [4.78, 5) is 28.3. The second-order valence-corrected chi connectivity index (χ2v) is 10.1. The van der Waals surface area contributed by atoms with E-state index in [1.54, 1.807) is 42.4 Å². The third kappa shape index (κ3) is 4.85. The van der Waals surface area contributed by atoms with E-state index in [1.165, 1.54) is 6.07 Å². The molecule has 0 fully saturated rings. The van der Waals surface area contributed by atoms with Crippen LogP contribution >= 0.6 is 11.6 Å². The number of amides is 1. The van der Waals surface area contributed by atoms with Gasteiger partial charge in [0.05, 0.1) is 18.0 Å². The maximum atomic E-state index is 14.9. The zero-order valence-corrected chi connectivity index (χ0v) is 22.0. The number of hydrogen-bond acceptors (Lipinski definition) is 6. The number of likely N-dealkylation sites (N-methyl/N-ethyl adjacent to an activating group) is 1. The summed E-state index contributed by atoms with van der Waals surface area (Å²) >= 11 is 6.50. The largest absolute Gasteiger partial charge is 0.340 e. The molecule has 0 bridgehead atoms. The number of nitrogens with one attached hydrogen (secondary N) is 1. The van der Waals surface area contributed by atoms with Gasteiger partial charge in [0.2, 0.25) is 5.95 Å². The number of nitrogens with zero attached hydrogens (tertiary/aromatic N) is 4. The number of halogens is 2. The van der Waals surface area contributed by atoms with Gasteiger partial charge in [0.15, 0.2) is 0 Å². The molecule has 3 aromatic rings. The van der Waals surface area contributed by atoms with Crippen LogP contribution in [0.4, 0.5) is 16.0 Å². The molecule has 194 valence electrons. The minimum atomic E-state index is -0.678. The van der Waals surface area contributed by atoms with Gasteiger partial charge in [-0.25, -0.2) is 14.4 Å². The lowest BCUT2D eigenvalue weighted by Gasteiger charge is -2.35. The van der Waals surface area contributed by atoms with Crippen molar-refractivity contribution in [1.82, 2.24) is 14.9 Å². The molecule has 7 nitrogen and oxygen atoms in total. The molecule has 0 saturated heterocycles. The minimum absolute atomic E-state index is 0.0934. The first-order valence-electron chi connectivity index (χ1n) is 12.4. The van der Waals surface area contributed by atoms with Crippen molar-refractivity contribution in [3.8, 4) is 0 Å². The molecule has 1 aliphatic carbocycles. The normalized spacial score (nSPS) is 18.3. The molecule has 2 aliphatic rings. The molecule has 0 radical (unpaired) electrons. The lowest BCUT2D eigenvalue weighted by atomic mass is 9.69. The number of anilines is 2. The minimum Gasteiger partial charge on any atom is -0.340 e. The van der Waals surface area contributed by atoms with Crippen LogP contribution in [0.15, 0.2) is 76.9 Å². The molecular formula is C29H28ClFN6O. The molecule has 2 heterocycles. The van der Waals surface area contributed by atoms with Gasteiger partial charge in [0, 0.05) is 59.2 Å². The van der Waals surface area contributed by atoms with Crippen molar-refractivity contribution in [2.24, 2.45) is 16.1 Å². The van der Waals surface area contributed by atoms with E-state index in [9.17, 15) is 9.18 Å². The summed E-state index contributed by atoms with van der Waals surface area (Å²) in [6, 6.07) is 13.8. The van der Waals surface area contributed by atoms with E-state index >= 15 is 0 Å². The smallest absolute Gasteiger partial charge is 0.253 e. The van der Waals surface area contributed by atoms with Gasteiger partial charge >= 0.3 is 0 Å². The van der Waals surface area contributed by atoms with Crippen molar-refractivity contribution in [1.29, 1.82) is 0 Å². The van der Waals surface area contributed by atoms with Crippen LogP contribution in [0, 0.1) is 11.2 Å². The summed E-state index contributed by atoms with van der Waals surface area (Å²) in [5.74, 6) is -0.0152. The average Bonchev–Trinajstić information content (AvgIpc) is 3.02. The molecule has 1 amide bonds. The van der Waals surface area contributed by atoms with Crippen molar-refractivity contribution in [2.75, 3.05) is 25.5 Å². The molecule has 1 aromatic heterocycles. The number of allylic oxidation sites excluding steroid dienone is 4. The van der Waals surface area contributed by atoms with Crippen molar-refractivity contribution >= 4 is 40.4 Å². The van der Waals surface area contributed by atoms with E-state index < -0.39 is 5.41 Å². The second-order valence-electron chi connectivity index (χ2n) is 9.63. The van der Waals surface area contributed by atoms with Gasteiger partial charge in [-0.1, -0.05) is 35.9 Å². The number of aliphatic imine (C=N–C) groups is 1. The summed E-state index contributed by atoms with van der Waals surface area (Å²) in [5, 5.41) is 3.90. The van der Waals surface area contributed by atoms with Crippen LogP contribution in [0.2, 0.25) is 0 Å². The summed E-state index contributed by atoms with van der Waals surface area (Å²) < 4.78 is 14.9. The quantitative estimate of drug-likeness (QED) is 0.450. The third-order valence-electron chi connectivity index (χ3n) is 6.93. The predicted molar refractivity (Wildman–Crippen MR) is 149 cm³/mol. The molecule has 1 aliphatic heterocycles. The Bertz CT molecular complexity index is 1480. The number of carbonyl (C=O) groups is 1. The van der Waals surface area contributed by atoms with Gasteiger partial charge < -0.3 is 16.0 Å². The van der Waals surface area contributed by atoms with Gasteiger partial charge in [0.1, 0.15) is 5.82 Å². The molecule has 1 atom stereocenters. The number of benzene rings is 2. The Kier molecular flexibility index (Phi) is 7.10. The Labute approximate surface area is 226 Å². The first kappa shape index (κ1) is 25.8. The molecule has 0 saturated carbocycles. The SMILES string of the molecule is CN(CCN)C(=O)c1ccc(Nc2ncc3c(n2)C2=CC=C(Cl)CC2(C)C(c2ccccc2F)=NC3)cc1. The highest BCUT2D eigenvalue weighted by Gasteiger charge is 2.42. The molecule has 1 unspecified atom stereocenters. The number of fused-ring (bicyclic) bond motifs is 3. The molecule has 0 spiro atoms. The third-order valence-corrected chi connectivity index (χ3v) is 7.19. The topological polar surface area (TPSA) is 96.5 Å². The van der Waals surface area contributed by atoms with Crippen molar-refractivity contribution in [3.63, 3.8) is 0 Å². The molecule has 2 aromatic carbocycles. The zero-order valence-electron chi connectivity index (χ0n) is 21.2. The van der Waals surface area contributed by atoms with Crippen LogP contribution in [0.5, 0.6) is 0 Å². The van der Waals surface area contributed by atoms with E-state index in [0.29, 0.717) is 53.9 Å². The maximum Gasteiger partial charge on any atom is 0.253 e. The van der Waals surface area contributed by atoms with Crippen molar-refractivity contribution in [2.45, 2.75) is 19.9 Å². The summed E-state index contributed by atoms with van der Waals surface area (Å²) in [5.41, 5.74) is 9.78. The van der Waals surface area contributed by atoms with E-state index in [-0.39, 0.29) is 11.7 Å². The van der Waals surface area contributed by atoms with E-state index in [2.05, 4.69) is 10.3 Å². The Morgan fingerprint density at radius 1 is 1.18 bits per heavy atom. The second kappa shape index (κ2) is 10.5.